The van der Waals surface area contributed by atoms with Crippen molar-refractivity contribution >= 4 is 12.2 Å². The molecule has 6 heteroatoms. The van der Waals surface area contributed by atoms with Gasteiger partial charge in [-0.25, -0.2) is 9.40 Å². The smallest absolute Gasteiger partial charge is 0.294 e. The molecule has 1 rings (SSSR count). The van der Waals surface area contributed by atoms with Crippen molar-refractivity contribution in [3.05, 3.63) is 30.1 Å². The SMILES string of the molecule is CN(COC=O)/N=N/c1cccc(F)c1. The van der Waals surface area contributed by atoms with Crippen LogP contribution >= 0.6 is 0 Å². The van der Waals surface area contributed by atoms with Crippen LogP contribution in [0.4, 0.5) is 10.1 Å². The van der Waals surface area contributed by atoms with Gasteiger partial charge >= 0.3 is 0 Å². The van der Waals surface area contributed by atoms with Crippen LogP contribution in [-0.4, -0.2) is 25.3 Å². The van der Waals surface area contributed by atoms with E-state index in [1.807, 2.05) is 0 Å². The van der Waals surface area contributed by atoms with Gasteiger partial charge in [0, 0.05) is 13.1 Å². The highest BCUT2D eigenvalue weighted by Gasteiger charge is 1.94. The molecular formula is C9H10FN3O2. The molecule has 0 aliphatic heterocycles. The zero-order valence-corrected chi connectivity index (χ0v) is 8.13. The number of benzene rings is 1. The van der Waals surface area contributed by atoms with E-state index < -0.39 is 0 Å². The predicted octanol–water partition coefficient (Wildman–Crippen LogP) is 1.89. The summed E-state index contributed by atoms with van der Waals surface area (Å²) in [5.41, 5.74) is 0.396. The topological polar surface area (TPSA) is 54.3 Å². The molecule has 0 amide bonds. The van der Waals surface area contributed by atoms with Gasteiger partial charge in [-0.3, -0.25) is 4.79 Å². The molecule has 80 valence electrons. The monoisotopic (exact) mass is 211 g/mol. The van der Waals surface area contributed by atoms with Crippen molar-refractivity contribution in [3.8, 4) is 0 Å². The second kappa shape index (κ2) is 5.69. The number of carbonyl (C=O) groups excluding carboxylic acids is 1. The molecule has 0 heterocycles. The highest BCUT2D eigenvalue weighted by atomic mass is 19.1. The second-order valence-electron chi connectivity index (χ2n) is 2.72. The number of hydrogen-bond donors (Lipinski definition) is 0. The predicted molar refractivity (Wildman–Crippen MR) is 50.7 cm³/mol. The zero-order valence-electron chi connectivity index (χ0n) is 8.13. The number of nitrogens with zero attached hydrogens (tertiary/aromatic N) is 3. The third-order valence-electron chi connectivity index (χ3n) is 1.45. The first-order valence-corrected chi connectivity index (χ1v) is 4.16. The van der Waals surface area contributed by atoms with Crippen LogP contribution in [0.25, 0.3) is 0 Å². The van der Waals surface area contributed by atoms with Gasteiger partial charge in [-0.1, -0.05) is 11.3 Å². The molecule has 0 fully saturated rings. The van der Waals surface area contributed by atoms with Crippen molar-refractivity contribution in [2.45, 2.75) is 0 Å². The van der Waals surface area contributed by atoms with Gasteiger partial charge in [0.15, 0.2) is 6.73 Å². The molecule has 0 aliphatic carbocycles. The highest BCUT2D eigenvalue weighted by Crippen LogP contribution is 2.13. The molecule has 0 N–H and O–H groups in total. The molecule has 1 aromatic rings. The maximum absolute atomic E-state index is 12.7. The Kier molecular flexibility index (Phi) is 4.21. The molecule has 0 radical (unpaired) electrons. The van der Waals surface area contributed by atoms with E-state index in [1.54, 1.807) is 13.1 Å². The minimum Gasteiger partial charge on any atom is -0.445 e. The Hall–Kier alpha value is -1.98. The van der Waals surface area contributed by atoms with Gasteiger partial charge in [0.2, 0.25) is 0 Å². The number of ether oxygens (including phenoxy) is 1. The maximum atomic E-state index is 12.7. The van der Waals surface area contributed by atoms with E-state index in [4.69, 9.17) is 0 Å². The maximum Gasteiger partial charge on any atom is 0.294 e. The third kappa shape index (κ3) is 4.17. The average Bonchev–Trinajstić information content (AvgIpc) is 2.23. The minimum absolute atomic E-state index is 0.00230. The molecule has 0 unspecified atom stereocenters. The van der Waals surface area contributed by atoms with Crippen molar-refractivity contribution in [1.82, 2.24) is 5.01 Å². The van der Waals surface area contributed by atoms with Gasteiger partial charge in [-0.05, 0) is 12.1 Å². The van der Waals surface area contributed by atoms with E-state index >= 15 is 0 Å². The molecule has 1 aromatic carbocycles. The molecule has 0 spiro atoms. The summed E-state index contributed by atoms with van der Waals surface area (Å²) in [6.07, 6.45) is 0. The van der Waals surface area contributed by atoms with E-state index in [0.29, 0.717) is 12.2 Å². The fourth-order valence-electron chi connectivity index (χ4n) is 0.830. The Morgan fingerprint density at radius 3 is 3.07 bits per heavy atom. The molecule has 0 atom stereocenters. The fraction of sp³-hybridized carbons (Fsp3) is 0.222. The summed E-state index contributed by atoms with van der Waals surface area (Å²) in [4.78, 5) is 9.86. The van der Waals surface area contributed by atoms with Gasteiger partial charge in [0.1, 0.15) is 5.82 Å². The quantitative estimate of drug-likeness (QED) is 0.323. The van der Waals surface area contributed by atoms with Crippen molar-refractivity contribution in [3.63, 3.8) is 0 Å². The molecular weight excluding hydrogens is 201 g/mol. The first-order chi connectivity index (χ1) is 7.22. The summed E-state index contributed by atoms with van der Waals surface area (Å²) in [5, 5.41) is 8.72. The lowest BCUT2D eigenvalue weighted by molar-refractivity contribution is -0.132. The van der Waals surface area contributed by atoms with Crippen LogP contribution in [0.2, 0.25) is 0 Å². The van der Waals surface area contributed by atoms with Crippen molar-refractivity contribution in [2.75, 3.05) is 13.8 Å². The zero-order chi connectivity index (χ0) is 11.1. The first kappa shape index (κ1) is 11.1. The van der Waals surface area contributed by atoms with Gasteiger partial charge in [0.25, 0.3) is 6.47 Å². The standard InChI is InChI=1S/C9H10FN3O2/c1-13(6-15-7-14)12-11-9-4-2-3-8(10)5-9/h2-5,7H,6H2,1H3/b12-11+. The van der Waals surface area contributed by atoms with Gasteiger partial charge in [-0.15, -0.1) is 5.11 Å². The normalized spacial score (nSPS) is 10.3. The van der Waals surface area contributed by atoms with Crippen LogP contribution in [0.3, 0.4) is 0 Å². The van der Waals surface area contributed by atoms with Crippen molar-refractivity contribution in [1.29, 1.82) is 0 Å². The van der Waals surface area contributed by atoms with Crippen LogP contribution in [0.15, 0.2) is 34.6 Å². The summed E-state index contributed by atoms with van der Waals surface area (Å²) in [6, 6.07) is 5.71. The first-order valence-electron chi connectivity index (χ1n) is 4.16. The third-order valence-corrected chi connectivity index (χ3v) is 1.45. The van der Waals surface area contributed by atoms with E-state index in [0.717, 1.165) is 0 Å². The fourth-order valence-corrected chi connectivity index (χ4v) is 0.830. The number of carbonyl (C=O) groups is 1. The highest BCUT2D eigenvalue weighted by molar-refractivity contribution is 5.36. The van der Waals surface area contributed by atoms with E-state index in [9.17, 15) is 9.18 Å². The number of halogens is 1. The average molecular weight is 211 g/mol. The van der Waals surface area contributed by atoms with Gasteiger partial charge in [0.05, 0.1) is 5.69 Å². The van der Waals surface area contributed by atoms with Gasteiger partial charge < -0.3 is 4.74 Å². The Balaban J connectivity index is 2.53. The van der Waals surface area contributed by atoms with Crippen LogP contribution in [0, 0.1) is 5.82 Å². The number of rotatable bonds is 5. The lowest BCUT2D eigenvalue weighted by atomic mass is 10.3. The summed E-state index contributed by atoms with van der Waals surface area (Å²) in [6.45, 7) is 0.316. The summed E-state index contributed by atoms with van der Waals surface area (Å²) < 4.78 is 17.1. The summed E-state index contributed by atoms with van der Waals surface area (Å²) >= 11 is 0. The molecule has 0 saturated carbocycles. The van der Waals surface area contributed by atoms with E-state index in [1.165, 1.54) is 23.2 Å². The Labute approximate surface area is 86.1 Å². The van der Waals surface area contributed by atoms with Crippen LogP contribution in [0.5, 0.6) is 0 Å². The van der Waals surface area contributed by atoms with Gasteiger partial charge in [-0.2, -0.15) is 0 Å². The molecule has 5 nitrogen and oxygen atoms in total. The Morgan fingerprint density at radius 1 is 1.60 bits per heavy atom. The Morgan fingerprint density at radius 2 is 2.40 bits per heavy atom. The van der Waals surface area contributed by atoms with Crippen LogP contribution in [0.1, 0.15) is 0 Å². The molecule has 0 aliphatic rings. The second-order valence-corrected chi connectivity index (χ2v) is 2.72. The van der Waals surface area contributed by atoms with Crippen molar-refractivity contribution in [2.24, 2.45) is 10.3 Å². The molecule has 0 bridgehead atoms. The van der Waals surface area contributed by atoms with E-state index in [-0.39, 0.29) is 12.5 Å². The molecule has 0 saturated heterocycles. The summed E-state index contributed by atoms with van der Waals surface area (Å²) in [7, 11) is 1.58. The van der Waals surface area contributed by atoms with Crippen LogP contribution < -0.4 is 0 Å². The number of hydrogen-bond acceptors (Lipinski definition) is 4. The summed E-state index contributed by atoms with van der Waals surface area (Å²) in [5.74, 6) is -0.377. The minimum atomic E-state index is -0.377. The largest absolute Gasteiger partial charge is 0.445 e. The van der Waals surface area contributed by atoms with Crippen molar-refractivity contribution < 1.29 is 13.9 Å². The molecule has 15 heavy (non-hydrogen) atoms. The van der Waals surface area contributed by atoms with Crippen LogP contribution in [-0.2, 0) is 9.53 Å². The lowest BCUT2D eigenvalue weighted by Crippen LogP contribution is -2.13. The van der Waals surface area contributed by atoms with E-state index in [2.05, 4.69) is 15.1 Å². The Bertz CT molecular complexity index is 357. The molecule has 0 aromatic heterocycles. The lowest BCUT2D eigenvalue weighted by Gasteiger charge is -2.07.